The quantitative estimate of drug-likeness (QED) is 0.421. The molecule has 0 radical (unpaired) electrons. The third-order valence-corrected chi connectivity index (χ3v) is 3.21. The lowest BCUT2D eigenvalue weighted by Crippen LogP contribution is -2.25. The molecule has 6 nitrogen and oxygen atoms in total. The number of carboxylic acids is 1. The highest BCUT2D eigenvalue weighted by molar-refractivity contribution is 5.91. The molecule has 0 aliphatic rings. The summed E-state index contributed by atoms with van der Waals surface area (Å²) in [6.45, 7) is 8.76. The van der Waals surface area contributed by atoms with Gasteiger partial charge in [-0.1, -0.05) is 13.8 Å². The van der Waals surface area contributed by atoms with Gasteiger partial charge in [0.15, 0.2) is 0 Å². The number of carbonyl (C=O) groups excluding carboxylic acids is 1. The minimum Gasteiger partial charge on any atom is -0.493 e. The Morgan fingerprint density at radius 3 is 2.39 bits per heavy atom. The number of rotatable bonds is 9. The van der Waals surface area contributed by atoms with Gasteiger partial charge in [0.25, 0.3) is 0 Å². The van der Waals surface area contributed by atoms with Crippen molar-refractivity contribution in [3.05, 3.63) is 23.8 Å². The maximum Gasteiger partial charge on any atom is 0.339 e. The van der Waals surface area contributed by atoms with Crippen molar-refractivity contribution in [2.45, 2.75) is 27.2 Å². The Morgan fingerprint density at radius 1 is 1.22 bits per heavy atom. The van der Waals surface area contributed by atoms with Crippen LogP contribution < -0.4 is 9.47 Å². The van der Waals surface area contributed by atoms with Crippen LogP contribution in [0.5, 0.6) is 11.5 Å². The second kappa shape index (κ2) is 10.9. The Kier molecular flexibility index (Phi) is 10.0. The van der Waals surface area contributed by atoms with E-state index in [0.717, 1.165) is 26.1 Å². The van der Waals surface area contributed by atoms with Crippen molar-refractivity contribution in [1.29, 1.82) is 0 Å². The molecule has 0 heterocycles. The molecular formula is C16H24ClNO5. The molecule has 0 amide bonds. The zero-order valence-electron chi connectivity index (χ0n) is 13.7. The predicted molar refractivity (Wildman–Crippen MR) is 89.9 cm³/mol. The summed E-state index contributed by atoms with van der Waals surface area (Å²) in [5, 5.41) is 9.22. The Morgan fingerprint density at radius 2 is 1.87 bits per heavy atom. The van der Waals surface area contributed by atoms with Gasteiger partial charge in [0, 0.05) is 13.5 Å². The fourth-order valence-electron chi connectivity index (χ4n) is 2.04. The number of nitrogens with zero attached hydrogens (tertiary/aromatic N) is 1. The summed E-state index contributed by atoms with van der Waals surface area (Å²) in [6, 6.07) is 4.33. The smallest absolute Gasteiger partial charge is 0.339 e. The molecule has 23 heavy (non-hydrogen) atoms. The average Bonchev–Trinajstić information content (AvgIpc) is 2.47. The molecule has 0 saturated carbocycles. The van der Waals surface area contributed by atoms with E-state index in [1.54, 1.807) is 0 Å². The van der Waals surface area contributed by atoms with Crippen LogP contribution in [0.3, 0.4) is 0 Å². The first-order chi connectivity index (χ1) is 10.5. The van der Waals surface area contributed by atoms with Gasteiger partial charge in [0.05, 0.1) is 6.61 Å². The predicted octanol–water partition coefficient (Wildman–Crippen LogP) is 2.84. The highest BCUT2D eigenvalue weighted by atomic mass is 35.5. The molecule has 0 aromatic heterocycles. The van der Waals surface area contributed by atoms with E-state index in [-0.39, 0.29) is 29.5 Å². The zero-order valence-corrected chi connectivity index (χ0v) is 14.5. The highest BCUT2D eigenvalue weighted by Crippen LogP contribution is 2.24. The summed E-state index contributed by atoms with van der Waals surface area (Å²) in [6.07, 6.45) is 0.812. The number of halogens is 1. The summed E-state index contributed by atoms with van der Waals surface area (Å²) < 4.78 is 10.4. The van der Waals surface area contributed by atoms with Crippen LogP contribution in [-0.4, -0.2) is 48.2 Å². The maximum absolute atomic E-state index is 11.3. The molecule has 7 heteroatoms. The molecule has 0 spiro atoms. The molecule has 0 unspecified atom stereocenters. The monoisotopic (exact) mass is 345 g/mol. The Hall–Kier alpha value is -1.79. The minimum atomic E-state index is -1.12. The van der Waals surface area contributed by atoms with E-state index < -0.39 is 11.9 Å². The third-order valence-electron chi connectivity index (χ3n) is 3.21. The number of carbonyl (C=O) groups is 2. The Balaban J connectivity index is 0.00000484. The number of hydrogen-bond donors (Lipinski definition) is 1. The van der Waals surface area contributed by atoms with Gasteiger partial charge in [-0.05, 0) is 37.7 Å². The van der Waals surface area contributed by atoms with E-state index in [1.807, 2.05) is 0 Å². The van der Waals surface area contributed by atoms with Gasteiger partial charge in [0.1, 0.15) is 17.1 Å². The van der Waals surface area contributed by atoms with Crippen LogP contribution in [0.2, 0.25) is 0 Å². The molecule has 0 saturated heterocycles. The molecule has 130 valence electrons. The van der Waals surface area contributed by atoms with Gasteiger partial charge in [-0.15, -0.1) is 12.4 Å². The number of aromatic carboxylic acids is 1. The summed E-state index contributed by atoms with van der Waals surface area (Å²) in [5.41, 5.74) is -0.0124. The van der Waals surface area contributed by atoms with Crippen LogP contribution >= 0.6 is 12.4 Å². The lowest BCUT2D eigenvalue weighted by molar-refractivity contribution is -0.131. The molecule has 1 aromatic rings. The lowest BCUT2D eigenvalue weighted by atomic mass is 10.2. The SMILES string of the molecule is CCN(CC)CCCOc1ccc(OC(C)=O)cc1C(=O)O.Cl. The summed E-state index contributed by atoms with van der Waals surface area (Å²) in [7, 11) is 0. The van der Waals surface area contributed by atoms with Crippen LogP contribution in [0.15, 0.2) is 18.2 Å². The first-order valence-corrected chi connectivity index (χ1v) is 7.38. The fraction of sp³-hybridized carbons (Fsp3) is 0.500. The van der Waals surface area contributed by atoms with Crippen LogP contribution in [0, 0.1) is 0 Å². The molecule has 0 aliphatic heterocycles. The van der Waals surface area contributed by atoms with Gasteiger partial charge >= 0.3 is 11.9 Å². The van der Waals surface area contributed by atoms with Gasteiger partial charge < -0.3 is 19.5 Å². The number of hydrogen-bond acceptors (Lipinski definition) is 5. The third kappa shape index (κ3) is 7.34. The van der Waals surface area contributed by atoms with Crippen molar-refractivity contribution < 1.29 is 24.2 Å². The lowest BCUT2D eigenvalue weighted by Gasteiger charge is -2.18. The number of benzene rings is 1. The second-order valence-corrected chi connectivity index (χ2v) is 4.79. The number of esters is 1. The minimum absolute atomic E-state index is 0. The van der Waals surface area contributed by atoms with Gasteiger partial charge in [-0.3, -0.25) is 4.79 Å². The summed E-state index contributed by atoms with van der Waals surface area (Å²) in [4.78, 5) is 24.4. The second-order valence-electron chi connectivity index (χ2n) is 4.79. The summed E-state index contributed by atoms with van der Waals surface area (Å²) in [5.74, 6) is -1.14. The Bertz CT molecular complexity index is 517. The topological polar surface area (TPSA) is 76.1 Å². The molecule has 0 fully saturated rings. The Labute approximate surface area is 142 Å². The van der Waals surface area contributed by atoms with E-state index in [9.17, 15) is 14.7 Å². The van der Waals surface area contributed by atoms with E-state index >= 15 is 0 Å². The molecule has 1 rings (SSSR count). The van der Waals surface area contributed by atoms with E-state index in [2.05, 4.69) is 18.7 Å². The van der Waals surface area contributed by atoms with E-state index in [1.165, 1.54) is 25.1 Å². The summed E-state index contributed by atoms with van der Waals surface area (Å²) >= 11 is 0. The highest BCUT2D eigenvalue weighted by Gasteiger charge is 2.14. The van der Waals surface area contributed by atoms with Crippen molar-refractivity contribution >= 4 is 24.3 Å². The van der Waals surface area contributed by atoms with Crippen LogP contribution in [0.25, 0.3) is 0 Å². The van der Waals surface area contributed by atoms with Crippen molar-refractivity contribution in [2.75, 3.05) is 26.2 Å². The van der Waals surface area contributed by atoms with Crippen molar-refractivity contribution in [1.82, 2.24) is 4.90 Å². The zero-order chi connectivity index (χ0) is 16.5. The van der Waals surface area contributed by atoms with Gasteiger partial charge in [0.2, 0.25) is 0 Å². The normalized spacial score (nSPS) is 10.1. The number of carboxylic acid groups (broad SMARTS) is 1. The number of ether oxygens (including phenoxy) is 2. The molecule has 1 aromatic carbocycles. The van der Waals surface area contributed by atoms with Crippen molar-refractivity contribution in [3.63, 3.8) is 0 Å². The standard InChI is InChI=1S/C16H23NO5.ClH/c1-4-17(5-2)9-6-10-21-15-8-7-13(22-12(3)18)11-14(15)16(19)20;/h7-8,11H,4-6,9-10H2,1-3H3,(H,19,20);1H. The van der Waals surface area contributed by atoms with Crippen LogP contribution in [0.4, 0.5) is 0 Å². The van der Waals surface area contributed by atoms with Crippen LogP contribution in [0.1, 0.15) is 37.6 Å². The van der Waals surface area contributed by atoms with Crippen molar-refractivity contribution in [3.8, 4) is 11.5 Å². The maximum atomic E-state index is 11.3. The molecule has 0 aliphatic carbocycles. The molecule has 1 N–H and O–H groups in total. The van der Waals surface area contributed by atoms with Crippen molar-refractivity contribution in [2.24, 2.45) is 0 Å². The largest absolute Gasteiger partial charge is 0.493 e. The van der Waals surface area contributed by atoms with Crippen LogP contribution in [-0.2, 0) is 4.79 Å². The fourth-order valence-corrected chi connectivity index (χ4v) is 2.04. The first-order valence-electron chi connectivity index (χ1n) is 7.38. The molecule has 0 atom stereocenters. The van der Waals surface area contributed by atoms with Gasteiger partial charge in [-0.25, -0.2) is 4.79 Å². The van der Waals surface area contributed by atoms with Gasteiger partial charge in [-0.2, -0.15) is 0 Å². The molecular weight excluding hydrogens is 322 g/mol. The van der Waals surface area contributed by atoms with E-state index in [4.69, 9.17) is 9.47 Å². The first kappa shape index (κ1) is 21.2. The molecule has 0 bridgehead atoms. The van der Waals surface area contributed by atoms with E-state index in [0.29, 0.717) is 6.61 Å². The average molecular weight is 346 g/mol.